The minimum atomic E-state index is -0.271. The highest BCUT2D eigenvalue weighted by atomic mass is 79.9. The summed E-state index contributed by atoms with van der Waals surface area (Å²) >= 11 is 3.53. The van der Waals surface area contributed by atoms with Crippen molar-refractivity contribution < 1.29 is 14.3 Å². The molecule has 1 heterocycles. The molecule has 1 aliphatic heterocycles. The Balaban J connectivity index is 1.70. The molecule has 1 atom stereocenters. The van der Waals surface area contributed by atoms with Crippen LogP contribution in [0.2, 0.25) is 0 Å². The second kappa shape index (κ2) is 8.14. The maximum absolute atomic E-state index is 13.2. The van der Waals surface area contributed by atoms with Gasteiger partial charge < -0.3 is 4.74 Å². The van der Waals surface area contributed by atoms with E-state index in [1.807, 2.05) is 42.5 Å². The number of hydrogen-bond acceptors (Lipinski definition) is 3. The standard InChI is InChI=1S/C26H27BrO3/c1-4-5-16-6-8-17(9-7-16)21(28)13-20-19-12-18(27)10-11-23(19)30-24-15-26(2,3)14-22(29)25(20)24/h6-12,20H,4-5,13-15H2,1-3H3. The number of rotatable bonds is 5. The highest BCUT2D eigenvalue weighted by molar-refractivity contribution is 9.10. The molecular formula is C26H27BrO3. The van der Waals surface area contributed by atoms with E-state index in [9.17, 15) is 9.59 Å². The fraction of sp³-hybridized carbons (Fsp3) is 0.385. The Morgan fingerprint density at radius 2 is 1.87 bits per heavy atom. The van der Waals surface area contributed by atoms with Crippen LogP contribution in [0, 0.1) is 5.41 Å². The van der Waals surface area contributed by atoms with Gasteiger partial charge in [-0.15, -0.1) is 0 Å². The van der Waals surface area contributed by atoms with E-state index in [2.05, 4.69) is 36.7 Å². The predicted molar refractivity (Wildman–Crippen MR) is 122 cm³/mol. The Bertz CT molecular complexity index is 1030. The van der Waals surface area contributed by atoms with Crippen molar-refractivity contribution in [1.29, 1.82) is 0 Å². The van der Waals surface area contributed by atoms with Crippen LogP contribution in [0.25, 0.3) is 0 Å². The molecule has 3 nitrogen and oxygen atoms in total. The van der Waals surface area contributed by atoms with Crippen LogP contribution in [0.15, 0.2) is 58.3 Å². The molecule has 0 saturated carbocycles. The van der Waals surface area contributed by atoms with Gasteiger partial charge in [0.1, 0.15) is 11.5 Å². The Hall–Kier alpha value is -2.20. The summed E-state index contributed by atoms with van der Waals surface area (Å²) in [5.41, 5.74) is 3.41. The van der Waals surface area contributed by atoms with Crippen molar-refractivity contribution in [2.24, 2.45) is 5.41 Å². The molecule has 0 bridgehead atoms. The average molecular weight is 467 g/mol. The minimum Gasteiger partial charge on any atom is -0.461 e. The highest BCUT2D eigenvalue weighted by Crippen LogP contribution is 2.49. The van der Waals surface area contributed by atoms with E-state index in [-0.39, 0.29) is 29.3 Å². The van der Waals surface area contributed by atoms with Gasteiger partial charge in [0.2, 0.25) is 0 Å². The van der Waals surface area contributed by atoms with Gasteiger partial charge in [-0.05, 0) is 35.6 Å². The van der Waals surface area contributed by atoms with Crippen LogP contribution in [-0.4, -0.2) is 11.6 Å². The van der Waals surface area contributed by atoms with E-state index in [0.717, 1.165) is 34.4 Å². The third kappa shape index (κ3) is 4.15. The van der Waals surface area contributed by atoms with Crippen molar-refractivity contribution in [1.82, 2.24) is 0 Å². The van der Waals surface area contributed by atoms with Crippen LogP contribution in [0.3, 0.4) is 0 Å². The quantitative estimate of drug-likeness (QED) is 0.455. The van der Waals surface area contributed by atoms with Crippen LogP contribution in [0.1, 0.15) is 73.9 Å². The molecule has 4 heteroatoms. The van der Waals surface area contributed by atoms with Gasteiger partial charge in [-0.3, -0.25) is 9.59 Å². The fourth-order valence-electron chi connectivity index (χ4n) is 4.59. The van der Waals surface area contributed by atoms with Gasteiger partial charge in [-0.1, -0.05) is 67.4 Å². The SMILES string of the molecule is CCCc1ccc(C(=O)CC2C3=C(CC(C)(C)CC3=O)Oc3ccc(Br)cc32)cc1. The molecule has 0 spiro atoms. The number of allylic oxidation sites excluding steroid dienone is 2. The number of aryl methyl sites for hydroxylation is 1. The molecule has 0 amide bonds. The van der Waals surface area contributed by atoms with Gasteiger partial charge in [0.05, 0.1) is 0 Å². The first kappa shape index (κ1) is 21.0. The van der Waals surface area contributed by atoms with Gasteiger partial charge in [0, 0.05) is 46.4 Å². The topological polar surface area (TPSA) is 43.4 Å². The van der Waals surface area contributed by atoms with Gasteiger partial charge >= 0.3 is 0 Å². The molecule has 0 N–H and O–H groups in total. The number of benzene rings is 2. The summed E-state index contributed by atoms with van der Waals surface area (Å²) in [6.45, 7) is 6.33. The van der Waals surface area contributed by atoms with Crippen LogP contribution in [0.5, 0.6) is 5.75 Å². The van der Waals surface area contributed by atoms with Crippen molar-refractivity contribution in [3.8, 4) is 5.75 Å². The summed E-state index contributed by atoms with van der Waals surface area (Å²) in [6, 6.07) is 13.7. The number of fused-ring (bicyclic) bond motifs is 1. The molecule has 30 heavy (non-hydrogen) atoms. The molecule has 2 aromatic carbocycles. The molecular weight excluding hydrogens is 440 g/mol. The number of carbonyl (C=O) groups excluding carboxylic acids is 2. The van der Waals surface area contributed by atoms with Crippen molar-refractivity contribution in [3.05, 3.63) is 75.0 Å². The van der Waals surface area contributed by atoms with Crippen molar-refractivity contribution in [2.75, 3.05) is 0 Å². The second-order valence-electron chi connectivity index (χ2n) is 9.19. The largest absolute Gasteiger partial charge is 0.461 e. The first-order chi connectivity index (χ1) is 14.3. The lowest BCUT2D eigenvalue weighted by molar-refractivity contribution is -0.118. The van der Waals surface area contributed by atoms with Crippen LogP contribution >= 0.6 is 15.9 Å². The molecule has 1 aliphatic carbocycles. The maximum atomic E-state index is 13.2. The Morgan fingerprint density at radius 1 is 1.13 bits per heavy atom. The summed E-state index contributed by atoms with van der Waals surface area (Å²) in [5.74, 6) is 1.37. The number of ether oxygens (including phenoxy) is 1. The summed E-state index contributed by atoms with van der Waals surface area (Å²) in [4.78, 5) is 26.3. The van der Waals surface area contributed by atoms with Gasteiger partial charge in [0.15, 0.2) is 11.6 Å². The number of Topliss-reactive ketones (excluding diaryl/α,β-unsaturated/α-hetero) is 2. The molecule has 0 saturated heterocycles. The van der Waals surface area contributed by atoms with Crippen LogP contribution < -0.4 is 4.74 Å². The zero-order valence-corrected chi connectivity index (χ0v) is 19.3. The van der Waals surface area contributed by atoms with Crippen molar-refractivity contribution in [3.63, 3.8) is 0 Å². The summed E-state index contributed by atoms with van der Waals surface area (Å²) in [7, 11) is 0. The third-order valence-corrected chi connectivity index (χ3v) is 6.51. The predicted octanol–water partition coefficient (Wildman–Crippen LogP) is 6.79. The van der Waals surface area contributed by atoms with E-state index in [4.69, 9.17) is 4.74 Å². The van der Waals surface area contributed by atoms with E-state index < -0.39 is 0 Å². The number of halogens is 1. The highest BCUT2D eigenvalue weighted by Gasteiger charge is 2.42. The monoisotopic (exact) mass is 466 g/mol. The average Bonchev–Trinajstić information content (AvgIpc) is 2.68. The molecule has 0 fully saturated rings. The summed E-state index contributed by atoms with van der Waals surface area (Å²) < 4.78 is 7.10. The first-order valence-electron chi connectivity index (χ1n) is 10.6. The van der Waals surface area contributed by atoms with Gasteiger partial charge in [-0.2, -0.15) is 0 Å². The molecule has 4 rings (SSSR count). The first-order valence-corrected chi connectivity index (χ1v) is 11.4. The minimum absolute atomic E-state index is 0.0559. The Kier molecular flexibility index (Phi) is 5.71. The Morgan fingerprint density at radius 3 is 2.57 bits per heavy atom. The second-order valence-corrected chi connectivity index (χ2v) is 10.1. The van der Waals surface area contributed by atoms with Gasteiger partial charge in [0.25, 0.3) is 0 Å². The molecule has 1 unspecified atom stereocenters. The third-order valence-electron chi connectivity index (χ3n) is 6.01. The molecule has 156 valence electrons. The van der Waals surface area contributed by atoms with E-state index in [0.29, 0.717) is 24.0 Å². The molecule has 0 radical (unpaired) electrons. The lowest BCUT2D eigenvalue weighted by Gasteiger charge is -2.38. The van der Waals surface area contributed by atoms with Crippen molar-refractivity contribution >= 4 is 27.5 Å². The number of carbonyl (C=O) groups is 2. The fourth-order valence-corrected chi connectivity index (χ4v) is 4.97. The zero-order chi connectivity index (χ0) is 21.5. The number of hydrogen-bond donors (Lipinski definition) is 0. The zero-order valence-electron chi connectivity index (χ0n) is 17.8. The van der Waals surface area contributed by atoms with E-state index in [1.165, 1.54) is 5.56 Å². The molecule has 0 aromatic heterocycles. The molecule has 2 aromatic rings. The van der Waals surface area contributed by atoms with Gasteiger partial charge in [-0.25, -0.2) is 0 Å². The number of ketones is 2. The molecule has 2 aliphatic rings. The lowest BCUT2D eigenvalue weighted by atomic mass is 9.70. The lowest BCUT2D eigenvalue weighted by Crippen LogP contribution is -2.33. The Labute approximate surface area is 186 Å². The summed E-state index contributed by atoms with van der Waals surface area (Å²) in [5, 5.41) is 0. The van der Waals surface area contributed by atoms with Crippen LogP contribution in [0.4, 0.5) is 0 Å². The van der Waals surface area contributed by atoms with Crippen LogP contribution in [-0.2, 0) is 11.2 Å². The normalized spacial score (nSPS) is 19.7. The van der Waals surface area contributed by atoms with Crippen molar-refractivity contribution in [2.45, 2.75) is 58.8 Å². The summed E-state index contributed by atoms with van der Waals surface area (Å²) in [6.07, 6.45) is 3.55. The smallest absolute Gasteiger partial charge is 0.163 e. The maximum Gasteiger partial charge on any atom is 0.163 e. The van der Waals surface area contributed by atoms with E-state index >= 15 is 0 Å². The van der Waals surface area contributed by atoms with E-state index in [1.54, 1.807) is 0 Å².